The Morgan fingerprint density at radius 1 is 1.07 bits per heavy atom. The topological polar surface area (TPSA) is 18.5 Å². The zero-order valence-corrected chi connectivity index (χ0v) is 11.0. The van der Waals surface area contributed by atoms with Crippen LogP contribution in [0.5, 0.6) is 0 Å². The summed E-state index contributed by atoms with van der Waals surface area (Å²) in [6.07, 6.45) is 5.84. The van der Waals surface area contributed by atoms with Crippen LogP contribution in [0.2, 0.25) is 6.55 Å². The van der Waals surface area contributed by atoms with Gasteiger partial charge in [-0.25, -0.2) is 0 Å². The van der Waals surface area contributed by atoms with Crippen LogP contribution in [0.25, 0.3) is 0 Å². The van der Waals surface area contributed by atoms with E-state index in [1.54, 1.807) is 0 Å². The highest BCUT2D eigenvalue weighted by molar-refractivity contribution is 6.71. The number of rotatable bonds is 8. The van der Waals surface area contributed by atoms with E-state index in [9.17, 15) is 0 Å². The maximum absolute atomic E-state index is 5.68. The lowest BCUT2D eigenvalue weighted by Gasteiger charge is -2.22. The van der Waals surface area contributed by atoms with Crippen LogP contribution < -0.4 is 0 Å². The molecule has 0 aliphatic heterocycles. The van der Waals surface area contributed by atoms with Crippen molar-refractivity contribution in [1.82, 2.24) is 0 Å². The van der Waals surface area contributed by atoms with Gasteiger partial charge in [0.15, 0.2) is 0 Å². The van der Waals surface area contributed by atoms with Gasteiger partial charge in [0.1, 0.15) is 0 Å². The normalized spacial score (nSPS) is 12.6. The third-order valence-electron chi connectivity index (χ3n) is 2.01. The molecule has 0 aliphatic carbocycles. The molecule has 0 fully saturated rings. The van der Waals surface area contributed by atoms with Crippen LogP contribution in [-0.4, -0.2) is 21.8 Å². The summed E-state index contributed by atoms with van der Waals surface area (Å²) in [5.41, 5.74) is 2.16. The third-order valence-corrected chi connectivity index (χ3v) is 4.57. The molecule has 0 amide bonds. The van der Waals surface area contributed by atoms with Crippen LogP contribution >= 0.6 is 0 Å². The van der Waals surface area contributed by atoms with E-state index < -0.39 is 8.56 Å². The van der Waals surface area contributed by atoms with E-state index in [0.717, 1.165) is 19.6 Å². The van der Waals surface area contributed by atoms with Crippen molar-refractivity contribution >= 4 is 8.56 Å². The summed E-state index contributed by atoms with van der Waals surface area (Å²) in [5, 5.41) is 0. The fraction of sp³-hybridized carbons (Fsp3) is 0.818. The molecule has 0 aromatic rings. The van der Waals surface area contributed by atoms with Crippen molar-refractivity contribution in [3.8, 4) is 0 Å². The fourth-order valence-corrected chi connectivity index (χ4v) is 3.35. The standard InChI is InChI=1S/C11H24O2Si/c1-5-8-9-10-11-14(4,12-6-2)13-7-3/h10-11H,5-9H2,1-4H3/b11-10-. The van der Waals surface area contributed by atoms with Gasteiger partial charge < -0.3 is 8.85 Å². The van der Waals surface area contributed by atoms with Gasteiger partial charge in [0.25, 0.3) is 0 Å². The Kier molecular flexibility index (Phi) is 8.13. The second-order valence-electron chi connectivity index (χ2n) is 3.43. The van der Waals surface area contributed by atoms with E-state index in [2.05, 4.69) is 25.2 Å². The minimum atomic E-state index is -1.98. The van der Waals surface area contributed by atoms with Gasteiger partial charge in [-0.15, -0.1) is 0 Å². The van der Waals surface area contributed by atoms with Crippen molar-refractivity contribution in [3.63, 3.8) is 0 Å². The molecule has 0 heterocycles. The summed E-state index contributed by atoms with van der Waals surface area (Å²) >= 11 is 0. The molecule has 0 spiro atoms. The molecule has 0 atom stereocenters. The Balaban J connectivity index is 3.99. The zero-order valence-electron chi connectivity index (χ0n) is 10.0. The van der Waals surface area contributed by atoms with Crippen molar-refractivity contribution in [2.45, 2.75) is 46.6 Å². The van der Waals surface area contributed by atoms with Gasteiger partial charge in [0.2, 0.25) is 0 Å². The monoisotopic (exact) mass is 216 g/mol. The number of allylic oxidation sites excluding steroid dienone is 1. The van der Waals surface area contributed by atoms with Crippen molar-refractivity contribution in [3.05, 3.63) is 11.8 Å². The summed E-state index contributed by atoms with van der Waals surface area (Å²) in [7, 11) is -1.98. The maximum Gasteiger partial charge on any atom is 0.361 e. The van der Waals surface area contributed by atoms with E-state index in [0.29, 0.717) is 0 Å². The smallest absolute Gasteiger partial charge is 0.361 e. The second-order valence-corrected chi connectivity index (χ2v) is 6.37. The average molecular weight is 216 g/mol. The Morgan fingerprint density at radius 2 is 1.64 bits per heavy atom. The number of unbranched alkanes of at least 4 members (excludes halogenated alkanes) is 2. The van der Waals surface area contributed by atoms with Crippen molar-refractivity contribution < 1.29 is 8.85 Å². The lowest BCUT2D eigenvalue weighted by Crippen LogP contribution is -2.36. The molecule has 3 heteroatoms. The minimum Gasteiger partial charge on any atom is -0.392 e. The molecule has 0 aliphatic rings. The van der Waals surface area contributed by atoms with Gasteiger partial charge in [-0.3, -0.25) is 0 Å². The van der Waals surface area contributed by atoms with Crippen LogP contribution in [0.4, 0.5) is 0 Å². The molecule has 0 saturated heterocycles. The molecule has 0 bridgehead atoms. The van der Waals surface area contributed by atoms with Crippen LogP contribution in [0.15, 0.2) is 11.8 Å². The first-order valence-corrected chi connectivity index (χ1v) is 8.03. The van der Waals surface area contributed by atoms with Crippen LogP contribution in [0, 0.1) is 0 Å². The molecule has 0 saturated carbocycles. The quantitative estimate of drug-likeness (QED) is 0.457. The Morgan fingerprint density at radius 3 is 2.07 bits per heavy atom. The molecular formula is C11H24O2Si. The first-order valence-electron chi connectivity index (χ1n) is 5.64. The highest BCUT2D eigenvalue weighted by atomic mass is 28.4. The summed E-state index contributed by atoms with van der Waals surface area (Å²) in [5.74, 6) is 0. The molecule has 0 aromatic heterocycles. The van der Waals surface area contributed by atoms with E-state index in [4.69, 9.17) is 8.85 Å². The fourth-order valence-electron chi connectivity index (χ4n) is 1.33. The van der Waals surface area contributed by atoms with E-state index in [1.165, 1.54) is 12.8 Å². The van der Waals surface area contributed by atoms with Crippen LogP contribution in [0.1, 0.15) is 40.0 Å². The first-order chi connectivity index (χ1) is 6.68. The minimum absolute atomic E-state index is 0.737. The summed E-state index contributed by atoms with van der Waals surface area (Å²) < 4.78 is 11.4. The molecule has 0 rings (SSSR count). The second kappa shape index (κ2) is 8.21. The van der Waals surface area contributed by atoms with Gasteiger partial charge in [-0.05, 0) is 32.5 Å². The SMILES string of the molecule is CCCC/C=C\[Si](C)(OCC)OCC. The highest BCUT2D eigenvalue weighted by Gasteiger charge is 2.26. The summed E-state index contributed by atoms with van der Waals surface area (Å²) in [6.45, 7) is 9.81. The Bertz CT molecular complexity index is 151. The van der Waals surface area contributed by atoms with Gasteiger partial charge in [-0.2, -0.15) is 0 Å². The molecule has 0 radical (unpaired) electrons. The van der Waals surface area contributed by atoms with Gasteiger partial charge in [0.05, 0.1) is 0 Å². The molecule has 0 N–H and O–H groups in total. The predicted molar refractivity (Wildman–Crippen MR) is 63.5 cm³/mol. The number of hydrogen-bond acceptors (Lipinski definition) is 2. The summed E-state index contributed by atoms with van der Waals surface area (Å²) in [6, 6.07) is 0. The van der Waals surface area contributed by atoms with Crippen molar-refractivity contribution in [2.75, 3.05) is 13.2 Å². The van der Waals surface area contributed by atoms with E-state index >= 15 is 0 Å². The lowest BCUT2D eigenvalue weighted by molar-refractivity contribution is 0.201. The Labute approximate surface area is 89.6 Å². The predicted octanol–water partition coefficient (Wildman–Crippen LogP) is 3.42. The van der Waals surface area contributed by atoms with Crippen molar-refractivity contribution in [1.29, 1.82) is 0 Å². The van der Waals surface area contributed by atoms with Crippen LogP contribution in [-0.2, 0) is 8.85 Å². The molecule has 0 aromatic carbocycles. The van der Waals surface area contributed by atoms with Gasteiger partial charge in [-0.1, -0.05) is 25.8 Å². The molecule has 14 heavy (non-hydrogen) atoms. The highest BCUT2D eigenvalue weighted by Crippen LogP contribution is 2.10. The van der Waals surface area contributed by atoms with Crippen molar-refractivity contribution in [2.24, 2.45) is 0 Å². The van der Waals surface area contributed by atoms with Gasteiger partial charge >= 0.3 is 8.56 Å². The number of hydrogen-bond donors (Lipinski definition) is 0. The third kappa shape index (κ3) is 6.35. The molecule has 84 valence electrons. The summed E-state index contributed by atoms with van der Waals surface area (Å²) in [4.78, 5) is 0. The maximum atomic E-state index is 5.68. The van der Waals surface area contributed by atoms with Crippen LogP contribution in [0.3, 0.4) is 0 Å². The van der Waals surface area contributed by atoms with E-state index in [1.807, 2.05) is 13.8 Å². The van der Waals surface area contributed by atoms with Gasteiger partial charge in [0, 0.05) is 13.2 Å². The first kappa shape index (κ1) is 13.9. The Hall–Kier alpha value is -0.123. The largest absolute Gasteiger partial charge is 0.392 e. The zero-order chi connectivity index (χ0) is 10.9. The lowest BCUT2D eigenvalue weighted by atomic mass is 10.2. The van der Waals surface area contributed by atoms with E-state index in [-0.39, 0.29) is 0 Å². The molecule has 0 unspecified atom stereocenters. The average Bonchev–Trinajstić information content (AvgIpc) is 2.13. The molecular weight excluding hydrogens is 192 g/mol. The molecule has 2 nitrogen and oxygen atoms in total.